The molecule has 4 nitrogen and oxygen atoms in total. The quantitative estimate of drug-likeness (QED) is 0.624. The van der Waals surface area contributed by atoms with Gasteiger partial charge in [0.15, 0.2) is 5.82 Å². The third-order valence-electron chi connectivity index (χ3n) is 4.21. The van der Waals surface area contributed by atoms with Gasteiger partial charge in [-0.3, -0.25) is 0 Å². The molecular weight excluding hydrogens is 298 g/mol. The second-order valence-corrected chi connectivity index (χ2v) is 6.90. The van der Waals surface area contributed by atoms with Gasteiger partial charge in [0.1, 0.15) is 5.75 Å². The van der Waals surface area contributed by atoms with E-state index in [0.29, 0.717) is 0 Å². The summed E-state index contributed by atoms with van der Waals surface area (Å²) in [6, 6.07) is 16.0. The van der Waals surface area contributed by atoms with E-state index in [0.717, 1.165) is 33.9 Å². The van der Waals surface area contributed by atoms with E-state index >= 15 is 0 Å². The lowest BCUT2D eigenvalue weighted by Crippen LogP contribution is -2.16. The van der Waals surface area contributed by atoms with Crippen LogP contribution in [0.3, 0.4) is 0 Å². The molecule has 1 aromatic heterocycles. The summed E-state index contributed by atoms with van der Waals surface area (Å²) in [5, 5.41) is 5.74. The van der Waals surface area contributed by atoms with Crippen molar-refractivity contribution in [1.29, 1.82) is 0 Å². The van der Waals surface area contributed by atoms with Crippen LogP contribution in [0.25, 0.3) is 16.6 Å². The molecule has 0 saturated carbocycles. The lowest BCUT2D eigenvalue weighted by atomic mass is 9.91. The van der Waals surface area contributed by atoms with Gasteiger partial charge in [0.25, 0.3) is 0 Å². The van der Waals surface area contributed by atoms with Gasteiger partial charge in [-0.25, -0.2) is 9.67 Å². The predicted molar refractivity (Wildman–Crippen MR) is 99.8 cm³/mol. The van der Waals surface area contributed by atoms with Crippen molar-refractivity contribution in [3.63, 3.8) is 0 Å². The molecule has 0 aliphatic carbocycles. The molecule has 0 saturated heterocycles. The van der Waals surface area contributed by atoms with E-state index < -0.39 is 0 Å². The summed E-state index contributed by atoms with van der Waals surface area (Å²) < 4.78 is 7.28. The molecule has 3 aromatic rings. The van der Waals surface area contributed by atoms with Gasteiger partial charge in [-0.2, -0.15) is 5.10 Å². The highest BCUT2D eigenvalue weighted by molar-refractivity contribution is 5.96. The van der Waals surface area contributed by atoms with Crippen molar-refractivity contribution in [3.8, 4) is 11.4 Å². The van der Waals surface area contributed by atoms with Crippen LogP contribution < -0.4 is 4.74 Å². The van der Waals surface area contributed by atoms with Crippen LogP contribution in [0, 0.1) is 5.41 Å². The van der Waals surface area contributed by atoms with Crippen molar-refractivity contribution in [2.75, 3.05) is 7.11 Å². The maximum Gasteiger partial charge on any atom is 0.163 e. The van der Waals surface area contributed by atoms with Crippen LogP contribution in [-0.4, -0.2) is 22.6 Å². The molecule has 0 fully saturated rings. The fraction of sp³-hybridized carbons (Fsp3) is 0.300. The second-order valence-electron chi connectivity index (χ2n) is 6.90. The average molecular weight is 321 g/mol. The van der Waals surface area contributed by atoms with Crippen LogP contribution >= 0.6 is 0 Å². The predicted octanol–water partition coefficient (Wildman–Crippen LogP) is 5.17. The molecule has 0 aliphatic rings. The Kier molecular flexibility index (Phi) is 4.14. The maximum atomic E-state index is 5.38. The van der Waals surface area contributed by atoms with Crippen molar-refractivity contribution >= 4 is 22.4 Å². The lowest BCUT2D eigenvalue weighted by molar-refractivity contribution is 0.415. The molecule has 0 spiro atoms. The zero-order valence-electron chi connectivity index (χ0n) is 14.9. The van der Waals surface area contributed by atoms with E-state index in [-0.39, 0.29) is 5.41 Å². The fourth-order valence-electron chi connectivity index (χ4n) is 2.36. The zero-order chi connectivity index (χ0) is 17.3. The maximum absolute atomic E-state index is 5.38. The highest BCUT2D eigenvalue weighted by Gasteiger charge is 2.18. The minimum absolute atomic E-state index is 0.00300. The van der Waals surface area contributed by atoms with E-state index in [1.165, 1.54) is 0 Å². The second kappa shape index (κ2) is 6.11. The van der Waals surface area contributed by atoms with Gasteiger partial charge in [-0.15, -0.1) is 0 Å². The molecule has 0 radical (unpaired) electrons. The molecule has 4 heteroatoms. The molecule has 124 valence electrons. The van der Waals surface area contributed by atoms with Crippen molar-refractivity contribution in [2.45, 2.75) is 27.7 Å². The van der Waals surface area contributed by atoms with Crippen LogP contribution in [-0.2, 0) is 0 Å². The van der Waals surface area contributed by atoms with Gasteiger partial charge >= 0.3 is 0 Å². The Morgan fingerprint density at radius 3 is 2.42 bits per heavy atom. The van der Waals surface area contributed by atoms with Crippen LogP contribution in [0.5, 0.6) is 5.75 Å². The number of nitrogens with zero attached hydrogens (tertiary/aromatic N) is 3. The number of methoxy groups -OCH3 is 1. The van der Waals surface area contributed by atoms with Crippen molar-refractivity contribution in [3.05, 3.63) is 48.5 Å². The van der Waals surface area contributed by atoms with Gasteiger partial charge in [0.2, 0.25) is 0 Å². The summed E-state index contributed by atoms with van der Waals surface area (Å²) in [5.74, 6) is 1.64. The molecule has 2 aromatic carbocycles. The first-order valence-corrected chi connectivity index (χ1v) is 8.08. The number of aromatic nitrogens is 2. The van der Waals surface area contributed by atoms with Crippen LogP contribution in [0.4, 0.5) is 5.82 Å². The first-order chi connectivity index (χ1) is 11.4. The largest absolute Gasteiger partial charge is 0.497 e. The Bertz CT molecular complexity index is 886. The standard InChI is InChI=1S/C20H23N3O/c1-14(20(2,3)4)21-19-17-13-16(24-5)11-12-18(17)22-23(19)15-9-7-6-8-10-15/h6-13H,1-5H3/b21-14+. The molecule has 0 atom stereocenters. The Labute approximate surface area is 142 Å². The Balaban J connectivity index is 2.29. The van der Waals surface area contributed by atoms with E-state index in [4.69, 9.17) is 14.8 Å². The number of hydrogen-bond donors (Lipinski definition) is 0. The van der Waals surface area contributed by atoms with E-state index in [1.54, 1.807) is 7.11 Å². The first kappa shape index (κ1) is 16.2. The van der Waals surface area contributed by atoms with E-state index in [9.17, 15) is 0 Å². The molecular formula is C20H23N3O. The Morgan fingerprint density at radius 2 is 1.79 bits per heavy atom. The van der Waals surface area contributed by atoms with Crippen LogP contribution in [0.2, 0.25) is 0 Å². The molecule has 0 amide bonds. The van der Waals surface area contributed by atoms with E-state index in [2.05, 4.69) is 27.7 Å². The Morgan fingerprint density at radius 1 is 1.08 bits per heavy atom. The summed E-state index contributed by atoms with van der Waals surface area (Å²) in [5.41, 5.74) is 2.95. The number of ether oxygens (including phenoxy) is 1. The number of benzene rings is 2. The molecule has 0 unspecified atom stereocenters. The Hall–Kier alpha value is -2.62. The number of fused-ring (bicyclic) bond motifs is 1. The van der Waals surface area contributed by atoms with Gasteiger partial charge in [0.05, 0.1) is 23.7 Å². The number of hydrogen-bond acceptors (Lipinski definition) is 3. The smallest absolute Gasteiger partial charge is 0.163 e. The molecule has 24 heavy (non-hydrogen) atoms. The van der Waals surface area contributed by atoms with Gasteiger partial charge < -0.3 is 4.74 Å². The molecule has 0 N–H and O–H groups in total. The third-order valence-corrected chi connectivity index (χ3v) is 4.21. The summed E-state index contributed by atoms with van der Waals surface area (Å²) >= 11 is 0. The van der Waals surface area contributed by atoms with Crippen molar-refractivity contribution in [2.24, 2.45) is 10.4 Å². The van der Waals surface area contributed by atoms with Gasteiger partial charge in [0, 0.05) is 11.1 Å². The number of rotatable bonds is 3. The average Bonchev–Trinajstić information content (AvgIpc) is 2.92. The summed E-state index contributed by atoms with van der Waals surface area (Å²) in [6.07, 6.45) is 0. The lowest BCUT2D eigenvalue weighted by Gasteiger charge is -2.18. The van der Waals surface area contributed by atoms with Gasteiger partial charge in [-0.1, -0.05) is 39.0 Å². The molecule has 0 bridgehead atoms. The topological polar surface area (TPSA) is 39.4 Å². The van der Waals surface area contributed by atoms with Crippen molar-refractivity contribution in [1.82, 2.24) is 9.78 Å². The fourth-order valence-corrected chi connectivity index (χ4v) is 2.36. The monoisotopic (exact) mass is 321 g/mol. The number of aliphatic imine (C=N–C) groups is 1. The summed E-state index contributed by atoms with van der Waals surface area (Å²) in [7, 11) is 1.67. The number of para-hydroxylation sites is 1. The van der Waals surface area contributed by atoms with Gasteiger partial charge in [-0.05, 0) is 37.3 Å². The highest BCUT2D eigenvalue weighted by atomic mass is 16.5. The highest BCUT2D eigenvalue weighted by Crippen LogP contribution is 2.33. The summed E-state index contributed by atoms with van der Waals surface area (Å²) in [6.45, 7) is 8.56. The molecule has 0 aliphatic heterocycles. The molecule has 3 rings (SSSR count). The minimum atomic E-state index is -0.00300. The normalized spacial score (nSPS) is 12.6. The van der Waals surface area contributed by atoms with Crippen molar-refractivity contribution < 1.29 is 4.74 Å². The summed E-state index contributed by atoms with van der Waals surface area (Å²) in [4.78, 5) is 4.93. The third kappa shape index (κ3) is 3.04. The van der Waals surface area contributed by atoms with E-state index in [1.807, 2.05) is 53.2 Å². The minimum Gasteiger partial charge on any atom is -0.497 e. The SMILES string of the molecule is COc1ccc2nn(-c3ccccc3)c(/N=C(\C)C(C)(C)C)c2c1. The zero-order valence-corrected chi connectivity index (χ0v) is 14.9. The first-order valence-electron chi connectivity index (χ1n) is 8.08. The molecule has 1 heterocycles. The van der Waals surface area contributed by atoms with Crippen LogP contribution in [0.15, 0.2) is 53.5 Å². The van der Waals surface area contributed by atoms with Crippen LogP contribution in [0.1, 0.15) is 27.7 Å².